The van der Waals surface area contributed by atoms with Crippen molar-refractivity contribution in [2.75, 3.05) is 0 Å². The number of fused-ring (bicyclic) bond motifs is 1. The highest BCUT2D eigenvalue weighted by Crippen LogP contribution is 2.25. The molecule has 0 spiro atoms. The molecular weight excluding hydrogens is 224 g/mol. The second kappa shape index (κ2) is 4.53. The fourth-order valence-corrected chi connectivity index (χ4v) is 2.68. The summed E-state index contributed by atoms with van der Waals surface area (Å²) in [6, 6.07) is 8.88. The predicted octanol–water partition coefficient (Wildman–Crippen LogP) is 1.99. The number of hydrogen-bond acceptors (Lipinski definition) is 3. The van der Waals surface area contributed by atoms with E-state index in [1.54, 1.807) is 0 Å². The molecule has 1 N–H and O–H groups in total. The Labute approximate surface area is 107 Å². The summed E-state index contributed by atoms with van der Waals surface area (Å²) >= 11 is 0. The third-order valence-corrected chi connectivity index (χ3v) is 3.67. The molecule has 0 radical (unpaired) electrons. The molecule has 0 bridgehead atoms. The zero-order valence-corrected chi connectivity index (χ0v) is 10.8. The molecule has 18 heavy (non-hydrogen) atoms. The largest absolute Gasteiger partial charge is 0.314 e. The average molecular weight is 242 g/mol. The molecular formula is C14H18N4. The minimum atomic E-state index is 0.279. The standard InChI is InChI=1S/C14H18N4/c1-3-18-10(2)16-17-14(18)13-8-11-6-4-5-7-12(11)9-15-13/h4-7,13,15H,3,8-9H2,1-2H3/t13-/m1/s1. The topological polar surface area (TPSA) is 42.7 Å². The monoisotopic (exact) mass is 242 g/mol. The highest BCUT2D eigenvalue weighted by atomic mass is 15.3. The number of nitrogens with one attached hydrogen (secondary N) is 1. The predicted molar refractivity (Wildman–Crippen MR) is 70.2 cm³/mol. The number of aromatic nitrogens is 3. The number of hydrogen-bond donors (Lipinski definition) is 1. The normalized spacial score (nSPS) is 18.7. The Balaban J connectivity index is 1.92. The van der Waals surface area contributed by atoms with Gasteiger partial charge in [0.15, 0.2) is 5.82 Å². The first kappa shape index (κ1) is 11.4. The van der Waals surface area contributed by atoms with Crippen molar-refractivity contribution in [2.45, 2.75) is 39.4 Å². The van der Waals surface area contributed by atoms with Crippen LogP contribution in [-0.4, -0.2) is 14.8 Å². The molecule has 0 saturated carbocycles. The Morgan fingerprint density at radius 3 is 2.83 bits per heavy atom. The summed E-state index contributed by atoms with van der Waals surface area (Å²) in [6.45, 7) is 5.98. The minimum absolute atomic E-state index is 0.279. The summed E-state index contributed by atoms with van der Waals surface area (Å²) < 4.78 is 2.19. The van der Waals surface area contributed by atoms with Gasteiger partial charge in [0.1, 0.15) is 5.82 Å². The van der Waals surface area contributed by atoms with E-state index in [-0.39, 0.29) is 6.04 Å². The molecule has 0 amide bonds. The Bertz CT molecular complexity index is 559. The molecule has 3 rings (SSSR count). The van der Waals surface area contributed by atoms with E-state index < -0.39 is 0 Å². The van der Waals surface area contributed by atoms with Crippen LogP contribution in [0.5, 0.6) is 0 Å². The molecule has 2 heterocycles. The van der Waals surface area contributed by atoms with E-state index in [1.165, 1.54) is 11.1 Å². The van der Waals surface area contributed by atoms with Crippen molar-refractivity contribution >= 4 is 0 Å². The Hall–Kier alpha value is -1.68. The van der Waals surface area contributed by atoms with E-state index in [0.29, 0.717) is 0 Å². The Morgan fingerprint density at radius 1 is 1.28 bits per heavy atom. The highest BCUT2D eigenvalue weighted by molar-refractivity contribution is 5.30. The van der Waals surface area contributed by atoms with Gasteiger partial charge in [0.25, 0.3) is 0 Å². The first-order valence-electron chi connectivity index (χ1n) is 6.49. The second-order valence-electron chi connectivity index (χ2n) is 4.76. The molecule has 1 aromatic heterocycles. The van der Waals surface area contributed by atoms with Gasteiger partial charge in [-0.05, 0) is 31.4 Å². The van der Waals surface area contributed by atoms with Crippen LogP contribution in [0.25, 0.3) is 0 Å². The smallest absolute Gasteiger partial charge is 0.150 e. The molecule has 1 aliphatic heterocycles. The molecule has 1 aliphatic rings. The zero-order chi connectivity index (χ0) is 12.5. The van der Waals surface area contributed by atoms with Gasteiger partial charge < -0.3 is 9.88 Å². The first-order valence-corrected chi connectivity index (χ1v) is 6.49. The lowest BCUT2D eigenvalue weighted by Gasteiger charge is -2.25. The summed E-state index contributed by atoms with van der Waals surface area (Å²) in [5.41, 5.74) is 2.82. The quantitative estimate of drug-likeness (QED) is 0.875. The van der Waals surface area contributed by atoms with Gasteiger partial charge >= 0.3 is 0 Å². The van der Waals surface area contributed by atoms with Crippen LogP contribution in [0, 0.1) is 6.92 Å². The summed E-state index contributed by atoms with van der Waals surface area (Å²) in [6.07, 6.45) is 0.994. The van der Waals surface area contributed by atoms with Gasteiger partial charge in [-0.15, -0.1) is 10.2 Å². The molecule has 1 aromatic carbocycles. The van der Waals surface area contributed by atoms with E-state index in [0.717, 1.165) is 31.2 Å². The summed E-state index contributed by atoms with van der Waals surface area (Å²) in [4.78, 5) is 0. The maximum Gasteiger partial charge on any atom is 0.150 e. The van der Waals surface area contributed by atoms with Gasteiger partial charge in [0, 0.05) is 13.1 Å². The van der Waals surface area contributed by atoms with Crippen molar-refractivity contribution in [2.24, 2.45) is 0 Å². The molecule has 0 fully saturated rings. The van der Waals surface area contributed by atoms with Gasteiger partial charge in [0.2, 0.25) is 0 Å². The van der Waals surface area contributed by atoms with E-state index in [2.05, 4.69) is 51.3 Å². The van der Waals surface area contributed by atoms with Crippen molar-refractivity contribution in [3.05, 3.63) is 47.0 Å². The van der Waals surface area contributed by atoms with Crippen molar-refractivity contribution in [3.63, 3.8) is 0 Å². The maximum atomic E-state index is 4.33. The van der Waals surface area contributed by atoms with E-state index in [1.807, 2.05) is 6.92 Å². The third kappa shape index (κ3) is 1.82. The first-order chi connectivity index (χ1) is 8.79. The number of rotatable bonds is 2. The van der Waals surface area contributed by atoms with Crippen LogP contribution in [0.15, 0.2) is 24.3 Å². The van der Waals surface area contributed by atoms with Crippen molar-refractivity contribution in [1.82, 2.24) is 20.1 Å². The molecule has 0 saturated heterocycles. The van der Waals surface area contributed by atoms with E-state index in [9.17, 15) is 0 Å². The lowest BCUT2D eigenvalue weighted by molar-refractivity contribution is 0.455. The molecule has 94 valence electrons. The maximum absolute atomic E-state index is 4.33. The second-order valence-corrected chi connectivity index (χ2v) is 4.76. The Kier molecular flexibility index (Phi) is 2.88. The molecule has 1 atom stereocenters. The number of benzene rings is 1. The third-order valence-electron chi connectivity index (χ3n) is 3.67. The molecule has 4 nitrogen and oxygen atoms in total. The molecule has 2 aromatic rings. The van der Waals surface area contributed by atoms with Crippen LogP contribution in [0.1, 0.15) is 35.7 Å². The number of aryl methyl sites for hydroxylation is 1. The average Bonchev–Trinajstić information content (AvgIpc) is 2.79. The van der Waals surface area contributed by atoms with Gasteiger partial charge in [-0.1, -0.05) is 24.3 Å². The fraction of sp³-hybridized carbons (Fsp3) is 0.429. The van der Waals surface area contributed by atoms with Gasteiger partial charge in [0.05, 0.1) is 6.04 Å². The van der Waals surface area contributed by atoms with Crippen LogP contribution in [0.4, 0.5) is 0 Å². The van der Waals surface area contributed by atoms with Crippen molar-refractivity contribution in [1.29, 1.82) is 0 Å². The zero-order valence-electron chi connectivity index (χ0n) is 10.8. The molecule has 4 heteroatoms. The van der Waals surface area contributed by atoms with Crippen LogP contribution in [0.3, 0.4) is 0 Å². The van der Waals surface area contributed by atoms with Crippen LogP contribution >= 0.6 is 0 Å². The van der Waals surface area contributed by atoms with Crippen LogP contribution < -0.4 is 5.32 Å². The summed E-state index contributed by atoms with van der Waals surface area (Å²) in [5, 5.41) is 12.1. The van der Waals surface area contributed by atoms with Gasteiger partial charge in [-0.2, -0.15) is 0 Å². The molecule has 0 unspecified atom stereocenters. The lowest BCUT2D eigenvalue weighted by Crippen LogP contribution is -2.30. The molecule has 0 aliphatic carbocycles. The summed E-state index contributed by atoms with van der Waals surface area (Å²) in [5.74, 6) is 2.05. The Morgan fingerprint density at radius 2 is 2.06 bits per heavy atom. The van der Waals surface area contributed by atoms with Crippen LogP contribution in [0.2, 0.25) is 0 Å². The summed E-state index contributed by atoms with van der Waals surface area (Å²) in [7, 11) is 0. The van der Waals surface area contributed by atoms with Crippen LogP contribution in [-0.2, 0) is 19.5 Å². The van der Waals surface area contributed by atoms with E-state index in [4.69, 9.17) is 0 Å². The van der Waals surface area contributed by atoms with Crippen molar-refractivity contribution in [3.8, 4) is 0 Å². The minimum Gasteiger partial charge on any atom is -0.314 e. The van der Waals surface area contributed by atoms with E-state index >= 15 is 0 Å². The van der Waals surface area contributed by atoms with Gasteiger partial charge in [-0.3, -0.25) is 0 Å². The SMILES string of the molecule is CCn1c(C)nnc1[C@H]1Cc2ccccc2CN1. The number of nitrogens with zero attached hydrogens (tertiary/aromatic N) is 3. The highest BCUT2D eigenvalue weighted by Gasteiger charge is 2.23. The fourth-order valence-electron chi connectivity index (χ4n) is 2.68. The van der Waals surface area contributed by atoms with Gasteiger partial charge in [-0.25, -0.2) is 0 Å². The van der Waals surface area contributed by atoms with Crippen molar-refractivity contribution < 1.29 is 0 Å². The lowest BCUT2D eigenvalue weighted by atomic mass is 9.95.